The second kappa shape index (κ2) is 5.09. The van der Waals surface area contributed by atoms with Gasteiger partial charge in [-0.15, -0.1) is 0 Å². The highest BCUT2D eigenvalue weighted by Gasteiger charge is 2.45. The van der Waals surface area contributed by atoms with Crippen LogP contribution >= 0.6 is 22.6 Å². The minimum absolute atomic E-state index is 0.532. The SMILES string of the molecule is NC(I)[C@H]1O[C@@H](n2ccc(=O)[nH]c2=O)[C@H](O)[C@@H]1O. The van der Waals surface area contributed by atoms with E-state index in [9.17, 15) is 19.8 Å². The molecular formula is C9H12IN3O5. The Kier molecular flexibility index (Phi) is 3.87. The molecular weight excluding hydrogens is 357 g/mol. The molecule has 9 heteroatoms. The van der Waals surface area contributed by atoms with Gasteiger partial charge in [-0.05, 0) is 0 Å². The molecule has 0 spiro atoms. The van der Waals surface area contributed by atoms with Gasteiger partial charge in [0.15, 0.2) is 6.23 Å². The number of nitrogens with two attached hydrogens (primary N) is 1. The lowest BCUT2D eigenvalue weighted by Crippen LogP contribution is -2.40. The maximum Gasteiger partial charge on any atom is 0.330 e. The molecule has 1 aromatic rings. The normalized spacial score (nSPS) is 33.6. The Morgan fingerprint density at radius 3 is 2.61 bits per heavy atom. The molecule has 0 saturated carbocycles. The number of nitrogens with zero attached hydrogens (tertiary/aromatic N) is 1. The summed E-state index contributed by atoms with van der Waals surface area (Å²) in [5.74, 6) is 0. The Bertz CT molecular complexity index is 541. The van der Waals surface area contributed by atoms with Crippen LogP contribution in [0.3, 0.4) is 0 Å². The third-order valence-electron chi connectivity index (χ3n) is 2.71. The van der Waals surface area contributed by atoms with Crippen molar-refractivity contribution in [2.75, 3.05) is 0 Å². The summed E-state index contributed by atoms with van der Waals surface area (Å²) in [4.78, 5) is 24.5. The van der Waals surface area contributed by atoms with Crippen LogP contribution < -0.4 is 17.0 Å². The van der Waals surface area contributed by atoms with Gasteiger partial charge in [-0.25, -0.2) is 4.79 Å². The highest BCUT2D eigenvalue weighted by atomic mass is 127. The topological polar surface area (TPSA) is 131 Å². The minimum Gasteiger partial charge on any atom is -0.387 e. The van der Waals surface area contributed by atoms with E-state index >= 15 is 0 Å². The van der Waals surface area contributed by atoms with Gasteiger partial charge in [-0.2, -0.15) is 0 Å². The number of aliphatic hydroxyl groups is 2. The average molecular weight is 369 g/mol. The predicted molar refractivity (Wildman–Crippen MR) is 69.2 cm³/mol. The van der Waals surface area contributed by atoms with Gasteiger partial charge in [-0.1, -0.05) is 22.6 Å². The lowest BCUT2D eigenvalue weighted by molar-refractivity contribution is -0.0385. The van der Waals surface area contributed by atoms with Crippen LogP contribution in [0.2, 0.25) is 0 Å². The molecule has 1 saturated heterocycles. The van der Waals surface area contributed by atoms with Crippen molar-refractivity contribution in [3.8, 4) is 0 Å². The summed E-state index contributed by atoms with van der Waals surface area (Å²) in [6.07, 6.45) is -3.15. The average Bonchev–Trinajstić information content (AvgIpc) is 2.57. The quantitative estimate of drug-likeness (QED) is 0.268. The summed E-state index contributed by atoms with van der Waals surface area (Å²) < 4.78 is 5.84. The molecule has 0 radical (unpaired) electrons. The van der Waals surface area contributed by atoms with Crippen LogP contribution in [0, 0.1) is 0 Å². The molecule has 8 nitrogen and oxygen atoms in total. The van der Waals surface area contributed by atoms with Crippen molar-refractivity contribution in [3.05, 3.63) is 33.1 Å². The zero-order valence-electron chi connectivity index (χ0n) is 9.06. The summed E-state index contributed by atoms with van der Waals surface area (Å²) in [6, 6.07) is 1.13. The molecule has 1 aromatic heterocycles. The minimum atomic E-state index is -1.29. The first-order valence-electron chi connectivity index (χ1n) is 5.14. The van der Waals surface area contributed by atoms with Crippen LogP contribution in [0.1, 0.15) is 6.23 Å². The third kappa shape index (κ3) is 2.36. The molecule has 0 aliphatic carbocycles. The Morgan fingerprint density at radius 2 is 2.11 bits per heavy atom. The Morgan fingerprint density at radius 1 is 1.44 bits per heavy atom. The number of rotatable bonds is 2. The zero-order chi connectivity index (χ0) is 13.4. The van der Waals surface area contributed by atoms with E-state index in [1.54, 1.807) is 0 Å². The van der Waals surface area contributed by atoms with E-state index < -0.39 is 39.8 Å². The number of hydrogen-bond acceptors (Lipinski definition) is 6. The van der Waals surface area contributed by atoms with Crippen LogP contribution in [0.15, 0.2) is 21.9 Å². The summed E-state index contributed by atoms with van der Waals surface area (Å²) in [6.45, 7) is 0. The molecule has 0 amide bonds. The lowest BCUT2D eigenvalue weighted by Gasteiger charge is -2.17. The monoisotopic (exact) mass is 369 g/mol. The van der Waals surface area contributed by atoms with Crippen LogP contribution in [-0.2, 0) is 4.74 Å². The molecule has 1 fully saturated rings. The molecule has 0 aromatic carbocycles. The standard InChI is InChI=1S/C9H12IN3O5/c10-7(11)6-4(15)5(16)8(18-6)13-2-1-3(14)12-9(13)17/h1-2,4-8,15-16H,11H2,(H,12,14,17)/t4-,5+,6-,7?,8+/m0/s1. The van der Waals surface area contributed by atoms with Gasteiger partial charge in [0.25, 0.3) is 5.56 Å². The summed E-state index contributed by atoms with van der Waals surface area (Å²) in [5, 5.41) is 19.6. The van der Waals surface area contributed by atoms with Gasteiger partial charge >= 0.3 is 5.69 Å². The van der Waals surface area contributed by atoms with Crippen molar-refractivity contribution in [2.24, 2.45) is 5.73 Å². The molecule has 5 atom stereocenters. The van der Waals surface area contributed by atoms with Crippen LogP contribution in [0.5, 0.6) is 0 Å². The number of halogens is 1. The van der Waals surface area contributed by atoms with Crippen molar-refractivity contribution in [3.63, 3.8) is 0 Å². The number of nitrogens with one attached hydrogen (secondary N) is 1. The highest BCUT2D eigenvalue weighted by molar-refractivity contribution is 14.1. The van der Waals surface area contributed by atoms with E-state index in [4.69, 9.17) is 10.5 Å². The van der Waals surface area contributed by atoms with Crippen molar-refractivity contribution in [1.29, 1.82) is 0 Å². The molecule has 1 aliphatic rings. The van der Waals surface area contributed by atoms with Crippen molar-refractivity contribution < 1.29 is 14.9 Å². The number of aromatic amines is 1. The van der Waals surface area contributed by atoms with E-state index in [2.05, 4.69) is 0 Å². The van der Waals surface area contributed by atoms with Gasteiger partial charge in [0, 0.05) is 12.3 Å². The number of aromatic nitrogens is 2. The van der Waals surface area contributed by atoms with E-state index in [1.807, 2.05) is 27.6 Å². The van der Waals surface area contributed by atoms with Gasteiger partial charge in [0.1, 0.15) is 18.3 Å². The Balaban J connectivity index is 2.35. The van der Waals surface area contributed by atoms with Gasteiger partial charge < -0.3 is 20.7 Å². The molecule has 1 unspecified atom stereocenters. The lowest BCUT2D eigenvalue weighted by atomic mass is 10.1. The van der Waals surface area contributed by atoms with Crippen LogP contribution in [0.25, 0.3) is 0 Å². The molecule has 2 heterocycles. The van der Waals surface area contributed by atoms with Crippen LogP contribution in [-0.4, -0.2) is 42.1 Å². The first kappa shape index (κ1) is 13.7. The number of alkyl halides is 1. The first-order valence-corrected chi connectivity index (χ1v) is 6.39. The third-order valence-corrected chi connectivity index (χ3v) is 3.42. The number of aliphatic hydroxyl groups excluding tert-OH is 2. The fraction of sp³-hybridized carbons (Fsp3) is 0.556. The molecule has 0 bridgehead atoms. The van der Waals surface area contributed by atoms with E-state index in [-0.39, 0.29) is 0 Å². The van der Waals surface area contributed by atoms with Crippen molar-refractivity contribution >= 4 is 22.6 Å². The maximum atomic E-state index is 11.6. The fourth-order valence-electron chi connectivity index (χ4n) is 1.81. The predicted octanol–water partition coefficient (Wildman–Crippen LogP) is -2.12. The smallest absolute Gasteiger partial charge is 0.330 e. The van der Waals surface area contributed by atoms with Gasteiger partial charge in [0.05, 0.1) is 4.05 Å². The number of H-pyrrole nitrogens is 1. The number of hydrogen-bond donors (Lipinski definition) is 4. The largest absolute Gasteiger partial charge is 0.387 e. The molecule has 2 rings (SSSR count). The number of ether oxygens (including phenoxy) is 1. The van der Waals surface area contributed by atoms with Gasteiger partial charge in [-0.3, -0.25) is 14.3 Å². The Hall–Kier alpha value is -0.750. The second-order valence-corrected chi connectivity index (χ2v) is 5.37. The van der Waals surface area contributed by atoms with Crippen molar-refractivity contribution in [1.82, 2.24) is 9.55 Å². The summed E-state index contributed by atoms with van der Waals surface area (Å²) in [7, 11) is 0. The van der Waals surface area contributed by atoms with E-state index in [1.165, 1.54) is 6.20 Å². The molecule has 5 N–H and O–H groups in total. The Labute approximate surface area is 115 Å². The fourth-order valence-corrected chi connectivity index (χ4v) is 2.40. The maximum absolute atomic E-state index is 11.6. The van der Waals surface area contributed by atoms with E-state index in [0.717, 1.165) is 10.6 Å². The van der Waals surface area contributed by atoms with Gasteiger partial charge in [0.2, 0.25) is 0 Å². The van der Waals surface area contributed by atoms with Crippen molar-refractivity contribution in [2.45, 2.75) is 28.6 Å². The molecule has 1 aliphatic heterocycles. The highest BCUT2D eigenvalue weighted by Crippen LogP contribution is 2.30. The summed E-state index contributed by atoms with van der Waals surface area (Å²) in [5.41, 5.74) is 4.33. The van der Waals surface area contributed by atoms with E-state index in [0.29, 0.717) is 0 Å². The first-order chi connectivity index (χ1) is 8.41. The molecule has 100 valence electrons. The summed E-state index contributed by atoms with van der Waals surface area (Å²) >= 11 is 1.85. The van der Waals surface area contributed by atoms with Crippen LogP contribution in [0.4, 0.5) is 0 Å². The zero-order valence-corrected chi connectivity index (χ0v) is 11.2. The second-order valence-electron chi connectivity index (χ2n) is 3.93. The molecule has 18 heavy (non-hydrogen) atoms.